The van der Waals surface area contributed by atoms with Crippen molar-refractivity contribution in [3.8, 4) is 0 Å². The minimum absolute atomic E-state index is 0.577. The molecule has 4 nitrogen and oxygen atoms in total. The second-order valence-corrected chi connectivity index (χ2v) is 4.78. The van der Waals surface area contributed by atoms with E-state index < -0.39 is 0 Å². The lowest BCUT2D eigenvalue weighted by molar-refractivity contribution is 0.112. The van der Waals surface area contributed by atoms with E-state index in [1.54, 1.807) is 18.3 Å². The molecule has 76 valence electrons. The van der Waals surface area contributed by atoms with Gasteiger partial charge in [-0.25, -0.2) is 9.97 Å². The van der Waals surface area contributed by atoms with Gasteiger partial charge in [0.1, 0.15) is 10.9 Å². The number of pyridine rings is 1. The minimum atomic E-state index is 0.577. The second-order valence-electron chi connectivity index (χ2n) is 2.76. The van der Waals surface area contributed by atoms with Gasteiger partial charge in [0, 0.05) is 11.8 Å². The first-order valence-corrected chi connectivity index (χ1v) is 5.76. The first kappa shape index (κ1) is 10.3. The lowest BCUT2D eigenvalue weighted by Crippen LogP contribution is -1.83. The zero-order valence-corrected chi connectivity index (χ0v) is 9.51. The van der Waals surface area contributed by atoms with Crippen LogP contribution in [0, 0.1) is 6.92 Å². The summed E-state index contributed by atoms with van der Waals surface area (Å²) in [6, 6.07) is 3.53. The fraction of sp³-hybridized carbons (Fsp3) is 0.111. The molecule has 0 bridgehead atoms. The van der Waals surface area contributed by atoms with Crippen LogP contribution in [0.5, 0.6) is 0 Å². The van der Waals surface area contributed by atoms with Crippen LogP contribution in [0.1, 0.15) is 16.2 Å². The van der Waals surface area contributed by atoms with E-state index in [1.807, 2.05) is 6.92 Å². The smallest absolute Gasteiger partial charge is 0.176 e. The first-order chi connectivity index (χ1) is 7.28. The fourth-order valence-electron chi connectivity index (χ4n) is 0.931. The van der Waals surface area contributed by atoms with Crippen molar-refractivity contribution in [3.63, 3.8) is 0 Å². The molecule has 0 fully saturated rings. The number of aromatic nitrogens is 3. The third-order valence-corrected chi connectivity index (χ3v) is 3.39. The van der Waals surface area contributed by atoms with E-state index in [4.69, 9.17) is 0 Å². The number of aryl methyl sites for hydroxylation is 1. The van der Waals surface area contributed by atoms with Crippen LogP contribution in [0.25, 0.3) is 0 Å². The third-order valence-electron chi connectivity index (χ3n) is 1.60. The number of aldehydes is 1. The number of hydrogen-bond acceptors (Lipinski definition) is 6. The Kier molecular flexibility index (Phi) is 3.08. The molecular weight excluding hydrogens is 230 g/mol. The van der Waals surface area contributed by atoms with Crippen molar-refractivity contribution < 1.29 is 4.79 Å². The normalized spacial score (nSPS) is 10.2. The fourth-order valence-corrected chi connectivity index (χ4v) is 2.47. The summed E-state index contributed by atoms with van der Waals surface area (Å²) in [5.74, 6) is 0.770. The second kappa shape index (κ2) is 4.50. The van der Waals surface area contributed by atoms with Crippen LogP contribution >= 0.6 is 23.3 Å². The molecule has 0 saturated carbocycles. The van der Waals surface area contributed by atoms with E-state index in [0.717, 1.165) is 21.5 Å². The van der Waals surface area contributed by atoms with Gasteiger partial charge in [-0.15, -0.1) is 0 Å². The maximum Gasteiger partial charge on any atom is 0.176 e. The molecule has 0 aliphatic rings. The number of carbonyl (C=O) groups is 1. The number of rotatable bonds is 3. The van der Waals surface area contributed by atoms with Gasteiger partial charge in [0.15, 0.2) is 10.6 Å². The van der Waals surface area contributed by atoms with Gasteiger partial charge in [-0.1, -0.05) is 0 Å². The predicted octanol–water partition coefficient (Wildman–Crippen LogP) is 2.21. The molecule has 0 saturated heterocycles. The molecule has 0 radical (unpaired) electrons. The summed E-state index contributed by atoms with van der Waals surface area (Å²) in [5.41, 5.74) is 0.577. The highest BCUT2D eigenvalue weighted by molar-refractivity contribution is 8.00. The molecule has 0 aliphatic heterocycles. The maximum atomic E-state index is 10.4. The van der Waals surface area contributed by atoms with Crippen molar-refractivity contribution in [2.45, 2.75) is 16.3 Å². The van der Waals surface area contributed by atoms with E-state index in [0.29, 0.717) is 5.56 Å². The summed E-state index contributed by atoms with van der Waals surface area (Å²) in [6.45, 7) is 1.85. The van der Waals surface area contributed by atoms with Crippen LogP contribution in [0.4, 0.5) is 0 Å². The van der Waals surface area contributed by atoms with Crippen molar-refractivity contribution in [1.82, 2.24) is 14.3 Å². The van der Waals surface area contributed by atoms with Crippen LogP contribution in [0.2, 0.25) is 0 Å². The van der Waals surface area contributed by atoms with E-state index in [-0.39, 0.29) is 0 Å². The molecule has 15 heavy (non-hydrogen) atoms. The Balaban J connectivity index is 2.14. The Morgan fingerprint density at radius 2 is 2.33 bits per heavy atom. The summed E-state index contributed by atoms with van der Waals surface area (Å²) >= 11 is 2.79. The summed E-state index contributed by atoms with van der Waals surface area (Å²) < 4.78 is 4.93. The van der Waals surface area contributed by atoms with Crippen molar-refractivity contribution >= 4 is 29.6 Å². The van der Waals surface area contributed by atoms with Crippen LogP contribution in [0.3, 0.4) is 0 Å². The molecule has 0 atom stereocenters. The van der Waals surface area contributed by atoms with Gasteiger partial charge in [0.2, 0.25) is 0 Å². The van der Waals surface area contributed by atoms with E-state index >= 15 is 0 Å². The summed E-state index contributed by atoms with van der Waals surface area (Å²) in [4.78, 5) is 18.7. The molecule has 0 amide bonds. The van der Waals surface area contributed by atoms with E-state index in [9.17, 15) is 4.79 Å². The quantitative estimate of drug-likeness (QED) is 0.766. The highest BCUT2D eigenvalue weighted by Gasteiger charge is 2.03. The molecule has 0 aliphatic carbocycles. The van der Waals surface area contributed by atoms with Crippen LogP contribution in [-0.4, -0.2) is 20.6 Å². The van der Waals surface area contributed by atoms with E-state index in [2.05, 4.69) is 14.3 Å². The Hall–Kier alpha value is -1.27. The van der Waals surface area contributed by atoms with Gasteiger partial charge < -0.3 is 0 Å². The molecule has 0 spiro atoms. The average molecular weight is 237 g/mol. The zero-order valence-electron chi connectivity index (χ0n) is 7.88. The Labute approximate surface area is 94.9 Å². The highest BCUT2D eigenvalue weighted by atomic mass is 32.2. The Morgan fingerprint density at radius 1 is 1.47 bits per heavy atom. The summed E-state index contributed by atoms with van der Waals surface area (Å²) in [6.07, 6.45) is 2.32. The predicted molar refractivity (Wildman–Crippen MR) is 58.4 cm³/mol. The van der Waals surface area contributed by atoms with Crippen molar-refractivity contribution in [2.24, 2.45) is 0 Å². The van der Waals surface area contributed by atoms with Gasteiger partial charge in [-0.3, -0.25) is 4.79 Å². The van der Waals surface area contributed by atoms with Gasteiger partial charge in [0.05, 0.1) is 0 Å². The average Bonchev–Trinajstić information content (AvgIpc) is 2.65. The van der Waals surface area contributed by atoms with Gasteiger partial charge >= 0.3 is 0 Å². The first-order valence-electron chi connectivity index (χ1n) is 4.17. The topological polar surface area (TPSA) is 55.7 Å². The van der Waals surface area contributed by atoms with Crippen molar-refractivity contribution in [3.05, 3.63) is 29.7 Å². The van der Waals surface area contributed by atoms with E-state index in [1.165, 1.54) is 23.3 Å². The Bertz CT molecular complexity index is 466. The maximum absolute atomic E-state index is 10.4. The molecular formula is C9H7N3OS2. The molecule has 2 aromatic heterocycles. The number of carbonyl (C=O) groups excluding carboxylic acids is 1. The zero-order chi connectivity index (χ0) is 10.7. The minimum Gasteiger partial charge on any atom is -0.298 e. The molecule has 2 rings (SSSR count). The van der Waals surface area contributed by atoms with Gasteiger partial charge in [-0.2, -0.15) is 4.37 Å². The van der Waals surface area contributed by atoms with Gasteiger partial charge in [0.25, 0.3) is 0 Å². The monoisotopic (exact) mass is 237 g/mol. The number of hydrogen-bond donors (Lipinski definition) is 0. The van der Waals surface area contributed by atoms with Crippen molar-refractivity contribution in [2.75, 3.05) is 0 Å². The highest BCUT2D eigenvalue weighted by Crippen LogP contribution is 2.26. The Morgan fingerprint density at radius 3 is 2.87 bits per heavy atom. The van der Waals surface area contributed by atoms with Crippen LogP contribution < -0.4 is 0 Å². The van der Waals surface area contributed by atoms with Crippen LogP contribution in [-0.2, 0) is 0 Å². The van der Waals surface area contributed by atoms with Crippen LogP contribution in [0.15, 0.2) is 27.7 Å². The van der Waals surface area contributed by atoms with Crippen molar-refractivity contribution in [1.29, 1.82) is 0 Å². The molecule has 2 aromatic rings. The molecule has 2 heterocycles. The third kappa shape index (κ3) is 2.60. The lowest BCUT2D eigenvalue weighted by Gasteiger charge is -1.95. The molecule has 0 N–H and O–H groups in total. The SMILES string of the molecule is Cc1nsc(Sc2ccc(C=O)cn2)n1. The van der Waals surface area contributed by atoms with Gasteiger partial charge in [-0.05, 0) is 42.4 Å². The molecule has 0 aromatic carbocycles. The lowest BCUT2D eigenvalue weighted by atomic mass is 10.3. The summed E-state index contributed by atoms with van der Waals surface area (Å²) in [7, 11) is 0. The summed E-state index contributed by atoms with van der Waals surface area (Å²) in [5, 5.41) is 0.816. The standard InChI is InChI=1S/C9H7N3OS2/c1-6-11-9(15-12-6)14-8-3-2-7(5-13)4-10-8/h2-5H,1H3. The molecule has 0 unspecified atom stereocenters. The molecule has 6 heteroatoms. The number of nitrogens with zero attached hydrogens (tertiary/aromatic N) is 3. The largest absolute Gasteiger partial charge is 0.298 e.